The molecule has 2 aromatic carbocycles. The van der Waals surface area contributed by atoms with Crippen LogP contribution in [0.1, 0.15) is 24.3 Å². The van der Waals surface area contributed by atoms with Crippen molar-refractivity contribution in [2.75, 3.05) is 32.2 Å². The van der Waals surface area contributed by atoms with Crippen LogP contribution in [-0.2, 0) is 20.4 Å². The predicted molar refractivity (Wildman–Crippen MR) is 112 cm³/mol. The van der Waals surface area contributed by atoms with Crippen LogP contribution in [0.2, 0.25) is 0 Å². The third-order valence-corrected chi connectivity index (χ3v) is 4.95. The van der Waals surface area contributed by atoms with Gasteiger partial charge >= 0.3 is 6.18 Å². The number of ether oxygens (including phenoxy) is 4. The van der Waals surface area contributed by atoms with E-state index in [9.17, 15) is 18.0 Å². The van der Waals surface area contributed by atoms with Gasteiger partial charge in [0.1, 0.15) is 18.1 Å². The minimum atomic E-state index is -4.65. The van der Waals surface area contributed by atoms with E-state index in [0.29, 0.717) is 11.3 Å². The van der Waals surface area contributed by atoms with Gasteiger partial charge in [0.15, 0.2) is 6.29 Å². The van der Waals surface area contributed by atoms with Crippen molar-refractivity contribution in [2.45, 2.75) is 19.4 Å². The molecule has 0 bridgehead atoms. The average molecular weight is 451 g/mol. The Morgan fingerprint density at radius 2 is 1.91 bits per heavy atom. The molecule has 0 aliphatic carbocycles. The molecule has 0 unspecified atom stereocenters. The Hall–Kier alpha value is -3.04. The third-order valence-electron chi connectivity index (χ3n) is 4.95. The first kappa shape index (κ1) is 23.6. The number of hydrogen-bond donors (Lipinski definition) is 1. The van der Waals surface area contributed by atoms with Crippen LogP contribution in [0.5, 0.6) is 11.5 Å². The van der Waals surface area contributed by atoms with Gasteiger partial charge in [0.05, 0.1) is 31.3 Å². The number of hydrogen-bond acceptors (Lipinski definition) is 5. The number of halogens is 3. The quantitative estimate of drug-likeness (QED) is 0.603. The molecule has 1 saturated heterocycles. The standard InChI is InChI=1S/C23H24F3NO5/c1-4-11-30-19-10-9-15(12-17(19)23(24,25)26)27-21(28)22(2)13-31-20(32-14-22)16-7-5-6-8-18(16)29-3/h4-10,12,20H,1,11,13-14H2,2-3H3,(H,27,28). The number of alkyl halides is 3. The molecule has 2 aromatic rings. The van der Waals surface area contributed by atoms with Crippen LogP contribution in [0.4, 0.5) is 18.9 Å². The monoisotopic (exact) mass is 451 g/mol. The van der Waals surface area contributed by atoms with E-state index in [1.54, 1.807) is 19.1 Å². The fraction of sp³-hybridized carbons (Fsp3) is 0.348. The van der Waals surface area contributed by atoms with E-state index in [-0.39, 0.29) is 31.3 Å². The van der Waals surface area contributed by atoms with E-state index in [4.69, 9.17) is 18.9 Å². The molecular formula is C23H24F3NO5. The van der Waals surface area contributed by atoms with Crippen molar-refractivity contribution in [3.8, 4) is 11.5 Å². The largest absolute Gasteiger partial charge is 0.496 e. The number of amides is 1. The van der Waals surface area contributed by atoms with Gasteiger partial charge in [-0.15, -0.1) is 0 Å². The van der Waals surface area contributed by atoms with Crippen molar-refractivity contribution in [3.05, 3.63) is 66.2 Å². The second-order valence-electron chi connectivity index (χ2n) is 7.52. The highest BCUT2D eigenvalue weighted by atomic mass is 19.4. The van der Waals surface area contributed by atoms with Gasteiger partial charge in [0, 0.05) is 11.3 Å². The van der Waals surface area contributed by atoms with Crippen molar-refractivity contribution >= 4 is 11.6 Å². The van der Waals surface area contributed by atoms with Crippen molar-refractivity contribution in [1.82, 2.24) is 0 Å². The van der Waals surface area contributed by atoms with E-state index < -0.39 is 29.4 Å². The van der Waals surface area contributed by atoms with Crippen molar-refractivity contribution in [1.29, 1.82) is 0 Å². The number of rotatable bonds is 7. The molecule has 1 aliphatic heterocycles. The summed E-state index contributed by atoms with van der Waals surface area (Å²) in [5.74, 6) is -0.279. The van der Waals surface area contributed by atoms with Crippen LogP contribution in [0, 0.1) is 5.41 Å². The van der Waals surface area contributed by atoms with Crippen molar-refractivity contribution in [3.63, 3.8) is 0 Å². The summed E-state index contributed by atoms with van der Waals surface area (Å²) >= 11 is 0. The van der Waals surface area contributed by atoms with Crippen LogP contribution in [0.25, 0.3) is 0 Å². The Morgan fingerprint density at radius 3 is 2.53 bits per heavy atom. The summed E-state index contributed by atoms with van der Waals surface area (Å²) in [5.41, 5.74) is -1.42. The Labute approximate surface area is 183 Å². The molecule has 6 nitrogen and oxygen atoms in total. The smallest absolute Gasteiger partial charge is 0.420 e. The lowest BCUT2D eigenvalue weighted by Gasteiger charge is -2.36. The second-order valence-corrected chi connectivity index (χ2v) is 7.52. The molecule has 0 spiro atoms. The SMILES string of the molecule is C=CCOc1ccc(NC(=O)C2(C)COC(c3ccccc3OC)OC2)cc1C(F)(F)F. The lowest BCUT2D eigenvalue weighted by molar-refractivity contribution is -0.226. The maximum absolute atomic E-state index is 13.4. The topological polar surface area (TPSA) is 66.0 Å². The molecule has 1 N–H and O–H groups in total. The van der Waals surface area contributed by atoms with E-state index in [1.165, 1.54) is 19.3 Å². The molecule has 1 fully saturated rings. The second kappa shape index (κ2) is 9.62. The number of carbonyl (C=O) groups excluding carboxylic acids is 1. The van der Waals surface area contributed by atoms with Crippen LogP contribution < -0.4 is 14.8 Å². The lowest BCUT2D eigenvalue weighted by Crippen LogP contribution is -2.45. The molecule has 1 aliphatic rings. The number of methoxy groups -OCH3 is 1. The van der Waals surface area contributed by atoms with Crippen LogP contribution >= 0.6 is 0 Å². The molecule has 1 amide bonds. The summed E-state index contributed by atoms with van der Waals surface area (Å²) < 4.78 is 62.1. The van der Waals surface area contributed by atoms with Gasteiger partial charge in [0.2, 0.25) is 5.91 Å². The van der Waals surface area contributed by atoms with Crippen LogP contribution in [0.15, 0.2) is 55.1 Å². The number of anilines is 1. The minimum Gasteiger partial charge on any atom is -0.496 e. The fourth-order valence-corrected chi connectivity index (χ4v) is 3.17. The van der Waals surface area contributed by atoms with Gasteiger partial charge in [-0.3, -0.25) is 4.79 Å². The lowest BCUT2D eigenvalue weighted by atomic mass is 9.90. The van der Waals surface area contributed by atoms with Gasteiger partial charge in [-0.2, -0.15) is 13.2 Å². The van der Waals surface area contributed by atoms with E-state index in [2.05, 4.69) is 11.9 Å². The summed E-state index contributed by atoms with van der Waals surface area (Å²) in [6, 6.07) is 10.5. The fourth-order valence-electron chi connectivity index (χ4n) is 3.17. The Bertz CT molecular complexity index is 968. The highest BCUT2D eigenvalue weighted by molar-refractivity contribution is 5.95. The van der Waals surface area contributed by atoms with Crippen LogP contribution in [-0.4, -0.2) is 32.8 Å². The van der Waals surface area contributed by atoms with E-state index in [0.717, 1.165) is 12.1 Å². The van der Waals surface area contributed by atoms with Crippen molar-refractivity contribution < 1.29 is 36.9 Å². The molecule has 1 heterocycles. The summed E-state index contributed by atoms with van der Waals surface area (Å²) in [5, 5.41) is 2.53. The van der Waals surface area contributed by atoms with Gasteiger partial charge in [-0.05, 0) is 31.2 Å². The zero-order valence-electron chi connectivity index (χ0n) is 17.7. The molecule has 0 aromatic heterocycles. The number of para-hydroxylation sites is 1. The molecule has 0 radical (unpaired) electrons. The Kier molecular flexibility index (Phi) is 7.10. The summed E-state index contributed by atoms with van der Waals surface area (Å²) in [6.45, 7) is 4.98. The summed E-state index contributed by atoms with van der Waals surface area (Å²) in [4.78, 5) is 12.9. The molecule has 172 valence electrons. The number of carbonyl (C=O) groups is 1. The molecular weight excluding hydrogens is 427 g/mol. The molecule has 3 rings (SSSR count). The first-order valence-electron chi connectivity index (χ1n) is 9.80. The van der Waals surface area contributed by atoms with Gasteiger partial charge in [-0.1, -0.05) is 30.9 Å². The summed E-state index contributed by atoms with van der Waals surface area (Å²) in [7, 11) is 1.53. The molecule has 9 heteroatoms. The normalized spacial score (nSPS) is 21.0. The number of benzene rings is 2. The maximum atomic E-state index is 13.4. The first-order chi connectivity index (χ1) is 15.2. The highest BCUT2D eigenvalue weighted by Crippen LogP contribution is 2.39. The Morgan fingerprint density at radius 1 is 1.22 bits per heavy atom. The van der Waals surface area contributed by atoms with Crippen LogP contribution in [0.3, 0.4) is 0 Å². The first-order valence-corrected chi connectivity index (χ1v) is 9.80. The zero-order chi connectivity index (χ0) is 23.4. The molecule has 32 heavy (non-hydrogen) atoms. The maximum Gasteiger partial charge on any atom is 0.420 e. The summed E-state index contributed by atoms with van der Waals surface area (Å²) in [6.07, 6.45) is -4.02. The molecule has 0 atom stereocenters. The minimum absolute atomic E-state index is 0.00814. The van der Waals surface area contributed by atoms with Crippen molar-refractivity contribution in [2.24, 2.45) is 5.41 Å². The third kappa shape index (κ3) is 5.23. The average Bonchev–Trinajstić information content (AvgIpc) is 2.78. The van der Waals surface area contributed by atoms with Gasteiger partial charge in [0.25, 0.3) is 0 Å². The highest BCUT2D eigenvalue weighted by Gasteiger charge is 2.41. The van der Waals surface area contributed by atoms with E-state index in [1.807, 2.05) is 12.1 Å². The number of nitrogens with one attached hydrogen (secondary N) is 1. The zero-order valence-corrected chi connectivity index (χ0v) is 17.7. The van der Waals surface area contributed by atoms with Gasteiger partial charge in [-0.25, -0.2) is 0 Å². The Balaban J connectivity index is 1.71. The molecule has 0 saturated carbocycles. The van der Waals surface area contributed by atoms with E-state index >= 15 is 0 Å². The van der Waals surface area contributed by atoms with Gasteiger partial charge < -0.3 is 24.3 Å². The predicted octanol–water partition coefficient (Wildman–Crippen LogP) is 4.97.